The maximum Gasteiger partial charge on any atom is 0.387 e. The maximum absolute atomic E-state index is 12.2. The fourth-order valence-electron chi connectivity index (χ4n) is 1.59. The quantitative estimate of drug-likeness (QED) is 0.868. The average molecular weight is 224 g/mol. The largest absolute Gasteiger partial charge is 0.434 e. The zero-order valence-corrected chi connectivity index (χ0v) is 8.36. The highest BCUT2D eigenvalue weighted by Gasteiger charge is 2.08. The van der Waals surface area contributed by atoms with Crippen LogP contribution in [0.3, 0.4) is 0 Å². The van der Waals surface area contributed by atoms with Gasteiger partial charge in [-0.15, -0.1) is 0 Å². The molecule has 0 aliphatic heterocycles. The van der Waals surface area contributed by atoms with Crippen molar-refractivity contribution in [3.8, 4) is 5.75 Å². The summed E-state index contributed by atoms with van der Waals surface area (Å²) in [6.45, 7) is -2.97. The number of hydrogen-bond donors (Lipinski definition) is 1. The topological polar surface area (TPSA) is 29.5 Å². The van der Waals surface area contributed by atoms with Crippen LogP contribution in [-0.4, -0.2) is 11.7 Å². The third kappa shape index (κ3) is 2.12. The highest BCUT2D eigenvalue weighted by molar-refractivity contribution is 5.88. The Bertz CT molecular complexity index is 497. The summed E-state index contributed by atoms with van der Waals surface area (Å²) in [5.74, 6) is 0.128. The van der Waals surface area contributed by atoms with E-state index in [9.17, 15) is 8.78 Å². The summed E-state index contributed by atoms with van der Waals surface area (Å²) in [7, 11) is 0. The number of aliphatic hydroxyl groups excluding tert-OH is 1. The number of hydrogen-bond acceptors (Lipinski definition) is 2. The van der Waals surface area contributed by atoms with Crippen LogP contribution in [0, 0.1) is 0 Å². The second-order valence-electron chi connectivity index (χ2n) is 3.35. The van der Waals surface area contributed by atoms with Crippen LogP contribution in [0.25, 0.3) is 10.8 Å². The monoisotopic (exact) mass is 224 g/mol. The fraction of sp³-hybridized carbons (Fsp3) is 0.167. The standard InChI is InChI=1S/C12H10F2O2/c13-12(14)16-11-3-1-2-9-5-4-8(7-15)6-10(9)11/h1-6,12,15H,7H2. The molecule has 0 spiro atoms. The number of rotatable bonds is 3. The lowest BCUT2D eigenvalue weighted by Crippen LogP contribution is -2.02. The summed E-state index contributed by atoms with van der Waals surface area (Å²) in [5, 5.41) is 10.4. The van der Waals surface area contributed by atoms with Gasteiger partial charge in [-0.25, -0.2) is 0 Å². The average Bonchev–Trinajstić information content (AvgIpc) is 2.28. The smallest absolute Gasteiger partial charge is 0.387 e. The third-order valence-electron chi connectivity index (χ3n) is 2.31. The van der Waals surface area contributed by atoms with Gasteiger partial charge in [0.1, 0.15) is 5.75 Å². The van der Waals surface area contributed by atoms with Gasteiger partial charge in [-0.2, -0.15) is 8.78 Å². The van der Waals surface area contributed by atoms with E-state index in [-0.39, 0.29) is 12.4 Å². The van der Waals surface area contributed by atoms with Gasteiger partial charge in [-0.1, -0.05) is 24.3 Å². The zero-order valence-electron chi connectivity index (χ0n) is 8.36. The van der Waals surface area contributed by atoms with Crippen LogP contribution < -0.4 is 4.74 Å². The van der Waals surface area contributed by atoms with Crippen LogP contribution >= 0.6 is 0 Å². The summed E-state index contributed by atoms with van der Waals surface area (Å²) in [6.07, 6.45) is 0. The lowest BCUT2D eigenvalue weighted by molar-refractivity contribution is -0.0487. The normalized spacial score (nSPS) is 11.0. The minimum atomic E-state index is -2.84. The van der Waals surface area contributed by atoms with Gasteiger partial charge in [0.2, 0.25) is 0 Å². The molecule has 0 saturated carbocycles. The molecule has 0 bridgehead atoms. The molecule has 2 nitrogen and oxygen atoms in total. The summed E-state index contributed by atoms with van der Waals surface area (Å²) in [4.78, 5) is 0. The van der Waals surface area contributed by atoms with Gasteiger partial charge in [-0.05, 0) is 23.1 Å². The van der Waals surface area contributed by atoms with Crippen molar-refractivity contribution in [1.29, 1.82) is 0 Å². The van der Waals surface area contributed by atoms with Crippen molar-refractivity contribution >= 4 is 10.8 Å². The lowest BCUT2D eigenvalue weighted by Gasteiger charge is -2.08. The van der Waals surface area contributed by atoms with Crippen molar-refractivity contribution in [2.75, 3.05) is 0 Å². The van der Waals surface area contributed by atoms with Crippen LogP contribution in [0.1, 0.15) is 5.56 Å². The first kappa shape index (κ1) is 10.8. The van der Waals surface area contributed by atoms with E-state index in [0.717, 1.165) is 5.39 Å². The molecule has 0 saturated heterocycles. The molecule has 0 aliphatic carbocycles. The second kappa shape index (κ2) is 4.45. The molecule has 84 valence electrons. The summed E-state index contributed by atoms with van der Waals surface area (Å²) < 4.78 is 28.7. The van der Waals surface area contributed by atoms with E-state index in [2.05, 4.69) is 4.74 Å². The summed E-state index contributed by atoms with van der Waals surface area (Å²) in [5.41, 5.74) is 0.665. The molecule has 0 unspecified atom stereocenters. The Morgan fingerprint density at radius 1 is 1.19 bits per heavy atom. The Balaban J connectivity index is 2.55. The third-order valence-corrected chi connectivity index (χ3v) is 2.31. The van der Waals surface area contributed by atoms with Crippen LogP contribution in [0.5, 0.6) is 5.75 Å². The fourth-order valence-corrected chi connectivity index (χ4v) is 1.59. The van der Waals surface area contributed by atoms with Gasteiger partial charge in [-0.3, -0.25) is 0 Å². The molecule has 16 heavy (non-hydrogen) atoms. The van der Waals surface area contributed by atoms with Gasteiger partial charge < -0.3 is 9.84 Å². The van der Waals surface area contributed by atoms with Gasteiger partial charge in [0.25, 0.3) is 0 Å². The molecule has 2 rings (SSSR count). The molecule has 0 heterocycles. The van der Waals surface area contributed by atoms with Gasteiger partial charge >= 0.3 is 6.61 Å². The highest BCUT2D eigenvalue weighted by Crippen LogP contribution is 2.27. The predicted molar refractivity (Wildman–Crippen MR) is 56.5 cm³/mol. The van der Waals surface area contributed by atoms with E-state index >= 15 is 0 Å². The van der Waals surface area contributed by atoms with E-state index in [1.807, 2.05) is 0 Å². The molecule has 2 aromatic rings. The van der Waals surface area contributed by atoms with Gasteiger partial charge in [0.15, 0.2) is 0 Å². The molecule has 4 heteroatoms. The predicted octanol–water partition coefficient (Wildman–Crippen LogP) is 2.93. The number of aliphatic hydroxyl groups is 1. The van der Waals surface area contributed by atoms with Crippen molar-refractivity contribution in [2.24, 2.45) is 0 Å². The molecule has 0 fully saturated rings. The first-order valence-corrected chi connectivity index (χ1v) is 4.78. The van der Waals surface area contributed by atoms with Crippen LogP contribution in [0.4, 0.5) is 8.78 Å². The molecule has 1 N–H and O–H groups in total. The van der Waals surface area contributed by atoms with E-state index in [4.69, 9.17) is 5.11 Å². The summed E-state index contributed by atoms with van der Waals surface area (Å²) in [6, 6.07) is 10.1. The Morgan fingerprint density at radius 3 is 2.69 bits per heavy atom. The second-order valence-corrected chi connectivity index (χ2v) is 3.35. The Hall–Kier alpha value is -1.68. The number of ether oxygens (including phenoxy) is 1. The molecule has 0 aliphatic rings. The molecular weight excluding hydrogens is 214 g/mol. The van der Waals surface area contributed by atoms with E-state index in [1.165, 1.54) is 6.07 Å². The van der Waals surface area contributed by atoms with Crippen molar-refractivity contribution in [3.63, 3.8) is 0 Å². The molecule has 0 atom stereocenters. The maximum atomic E-state index is 12.2. The molecule has 0 aromatic heterocycles. The lowest BCUT2D eigenvalue weighted by atomic mass is 10.1. The van der Waals surface area contributed by atoms with Crippen molar-refractivity contribution in [3.05, 3.63) is 42.0 Å². The SMILES string of the molecule is OCc1ccc2cccc(OC(F)F)c2c1. The minimum Gasteiger partial charge on any atom is -0.434 e. The first-order chi connectivity index (χ1) is 7.70. The van der Waals surface area contributed by atoms with Crippen molar-refractivity contribution in [2.45, 2.75) is 13.2 Å². The van der Waals surface area contributed by atoms with Crippen molar-refractivity contribution < 1.29 is 18.6 Å². The van der Waals surface area contributed by atoms with Crippen LogP contribution in [0.2, 0.25) is 0 Å². The number of benzene rings is 2. The van der Waals surface area contributed by atoms with Crippen LogP contribution in [0.15, 0.2) is 36.4 Å². The number of fused-ring (bicyclic) bond motifs is 1. The van der Waals surface area contributed by atoms with Crippen molar-refractivity contribution in [1.82, 2.24) is 0 Å². The molecule has 0 radical (unpaired) electrons. The van der Waals surface area contributed by atoms with E-state index in [1.54, 1.807) is 30.3 Å². The Morgan fingerprint density at radius 2 is 2.00 bits per heavy atom. The molecule has 0 amide bonds. The number of halogens is 2. The van der Waals surface area contributed by atoms with E-state index < -0.39 is 6.61 Å². The first-order valence-electron chi connectivity index (χ1n) is 4.78. The Kier molecular flexibility index (Phi) is 3.01. The van der Waals surface area contributed by atoms with Gasteiger partial charge in [0, 0.05) is 5.39 Å². The minimum absolute atomic E-state index is 0.126. The summed E-state index contributed by atoms with van der Waals surface area (Å²) >= 11 is 0. The Labute approximate surface area is 91.1 Å². The highest BCUT2D eigenvalue weighted by atomic mass is 19.3. The molecule has 2 aromatic carbocycles. The van der Waals surface area contributed by atoms with Gasteiger partial charge in [0.05, 0.1) is 6.61 Å². The molecular formula is C12H10F2O2. The van der Waals surface area contributed by atoms with Crippen LogP contribution in [-0.2, 0) is 6.61 Å². The van der Waals surface area contributed by atoms with E-state index in [0.29, 0.717) is 10.9 Å². The zero-order chi connectivity index (χ0) is 11.5. The number of alkyl halides is 2.